The molecule has 28 heavy (non-hydrogen) atoms. The first-order valence-corrected chi connectivity index (χ1v) is 9.27. The van der Waals surface area contributed by atoms with Crippen molar-refractivity contribution in [1.82, 2.24) is 9.80 Å². The van der Waals surface area contributed by atoms with Crippen LogP contribution in [0.4, 0.5) is 5.69 Å². The lowest BCUT2D eigenvalue weighted by molar-refractivity contribution is -0.111. The predicted octanol–water partition coefficient (Wildman–Crippen LogP) is 2.73. The lowest BCUT2D eigenvalue weighted by Crippen LogP contribution is -2.47. The number of rotatable bonds is 5. The van der Waals surface area contributed by atoms with Crippen LogP contribution in [0.1, 0.15) is 15.9 Å². The van der Waals surface area contributed by atoms with Crippen molar-refractivity contribution in [3.8, 4) is 5.75 Å². The molecule has 2 amide bonds. The number of para-hydroxylation sites is 2. The number of hydrogen-bond acceptors (Lipinski definition) is 4. The second-order valence-corrected chi connectivity index (χ2v) is 6.71. The molecule has 0 aromatic heterocycles. The molecule has 1 fully saturated rings. The van der Waals surface area contributed by atoms with Gasteiger partial charge >= 0.3 is 0 Å². The Bertz CT molecular complexity index is 871. The van der Waals surface area contributed by atoms with E-state index in [4.69, 9.17) is 4.74 Å². The van der Waals surface area contributed by atoms with Crippen LogP contribution in [0.25, 0.3) is 6.08 Å². The smallest absolute Gasteiger partial charge is 0.256 e. The summed E-state index contributed by atoms with van der Waals surface area (Å²) in [7, 11) is 3.64. The lowest BCUT2D eigenvalue weighted by atomic mass is 10.1. The number of carbonyl (C=O) groups is 2. The molecule has 1 heterocycles. The first-order valence-electron chi connectivity index (χ1n) is 9.27. The second kappa shape index (κ2) is 9.19. The van der Waals surface area contributed by atoms with E-state index in [1.54, 1.807) is 31.4 Å². The van der Waals surface area contributed by atoms with Crippen molar-refractivity contribution in [2.45, 2.75) is 0 Å². The number of likely N-dealkylation sites (N-methyl/N-ethyl adjacent to an activating group) is 1. The minimum atomic E-state index is -0.301. The highest BCUT2D eigenvalue weighted by molar-refractivity contribution is 6.07. The van der Waals surface area contributed by atoms with Crippen LogP contribution in [-0.2, 0) is 4.79 Å². The molecule has 0 aliphatic carbocycles. The van der Waals surface area contributed by atoms with Crippen molar-refractivity contribution in [1.29, 1.82) is 0 Å². The highest BCUT2D eigenvalue weighted by Crippen LogP contribution is 2.20. The molecule has 1 aliphatic rings. The number of benzene rings is 2. The van der Waals surface area contributed by atoms with Crippen LogP contribution in [0.15, 0.2) is 54.6 Å². The van der Waals surface area contributed by atoms with E-state index in [0.29, 0.717) is 30.1 Å². The standard InChI is InChI=1S/C22H25N3O3/c1-24-13-15-25(16-14-24)22(27)18-8-4-5-9-19(18)23-21(26)12-11-17-7-3-6-10-20(17)28-2/h3-12H,13-16H2,1-2H3,(H,23,26). The molecule has 0 unspecified atom stereocenters. The highest BCUT2D eigenvalue weighted by Gasteiger charge is 2.22. The Labute approximate surface area is 165 Å². The number of anilines is 1. The van der Waals surface area contributed by atoms with Gasteiger partial charge in [-0.1, -0.05) is 30.3 Å². The van der Waals surface area contributed by atoms with Gasteiger partial charge in [0.2, 0.25) is 5.91 Å². The Hall–Kier alpha value is -3.12. The van der Waals surface area contributed by atoms with E-state index in [1.165, 1.54) is 6.08 Å². The van der Waals surface area contributed by atoms with Gasteiger partial charge in [0.25, 0.3) is 5.91 Å². The number of ether oxygens (including phenoxy) is 1. The van der Waals surface area contributed by atoms with Crippen molar-refractivity contribution in [3.05, 3.63) is 65.7 Å². The molecule has 3 rings (SSSR count). The summed E-state index contributed by atoms with van der Waals surface area (Å²) in [4.78, 5) is 29.3. The molecule has 146 valence electrons. The number of nitrogens with one attached hydrogen (secondary N) is 1. The number of carbonyl (C=O) groups excluding carboxylic acids is 2. The van der Waals surface area contributed by atoms with Crippen LogP contribution >= 0.6 is 0 Å². The summed E-state index contributed by atoms with van der Waals surface area (Å²) >= 11 is 0. The third-order valence-corrected chi connectivity index (χ3v) is 4.76. The van der Waals surface area contributed by atoms with Gasteiger partial charge in [0.05, 0.1) is 18.4 Å². The van der Waals surface area contributed by atoms with Gasteiger partial charge in [-0.05, 0) is 31.3 Å². The molecule has 2 aromatic rings. The van der Waals surface area contributed by atoms with Gasteiger partial charge in [0.15, 0.2) is 0 Å². The van der Waals surface area contributed by atoms with Crippen molar-refractivity contribution in [3.63, 3.8) is 0 Å². The molecule has 0 bridgehead atoms. The zero-order valence-corrected chi connectivity index (χ0v) is 16.2. The summed E-state index contributed by atoms with van der Waals surface area (Å²) in [6, 6.07) is 14.6. The summed E-state index contributed by atoms with van der Waals surface area (Å²) in [5, 5.41) is 2.82. The van der Waals surface area contributed by atoms with Crippen LogP contribution < -0.4 is 10.1 Å². The Kier molecular flexibility index (Phi) is 6.45. The van der Waals surface area contributed by atoms with Crippen molar-refractivity contribution in [2.75, 3.05) is 45.7 Å². The predicted molar refractivity (Wildman–Crippen MR) is 111 cm³/mol. The van der Waals surface area contributed by atoms with Gasteiger partial charge in [0, 0.05) is 37.8 Å². The summed E-state index contributed by atoms with van der Waals surface area (Å²) in [5.41, 5.74) is 1.83. The van der Waals surface area contributed by atoms with Gasteiger partial charge in [0.1, 0.15) is 5.75 Å². The zero-order valence-electron chi connectivity index (χ0n) is 16.2. The van der Waals surface area contributed by atoms with Crippen molar-refractivity contribution >= 4 is 23.6 Å². The first-order chi connectivity index (χ1) is 13.6. The van der Waals surface area contributed by atoms with Crippen LogP contribution in [0.3, 0.4) is 0 Å². The molecule has 1 saturated heterocycles. The molecular weight excluding hydrogens is 354 g/mol. The average molecular weight is 379 g/mol. The fourth-order valence-electron chi connectivity index (χ4n) is 3.10. The molecule has 6 nitrogen and oxygen atoms in total. The fraction of sp³-hybridized carbons (Fsp3) is 0.273. The number of hydrogen-bond donors (Lipinski definition) is 1. The normalized spacial score (nSPS) is 14.9. The molecule has 2 aromatic carbocycles. The van der Waals surface area contributed by atoms with Gasteiger partial charge < -0.3 is 19.9 Å². The zero-order chi connectivity index (χ0) is 19.9. The minimum absolute atomic E-state index is 0.0577. The van der Waals surface area contributed by atoms with E-state index in [9.17, 15) is 9.59 Å². The second-order valence-electron chi connectivity index (χ2n) is 6.71. The SMILES string of the molecule is COc1ccccc1C=CC(=O)Nc1ccccc1C(=O)N1CCN(C)CC1. The summed E-state index contributed by atoms with van der Waals surface area (Å²) in [6.07, 6.45) is 3.13. The third kappa shape index (κ3) is 4.78. The number of methoxy groups -OCH3 is 1. The van der Waals surface area contributed by atoms with E-state index >= 15 is 0 Å². The van der Waals surface area contributed by atoms with E-state index in [-0.39, 0.29) is 11.8 Å². The van der Waals surface area contributed by atoms with Crippen LogP contribution in [0.2, 0.25) is 0 Å². The van der Waals surface area contributed by atoms with Crippen LogP contribution in [-0.4, -0.2) is 62.0 Å². The topological polar surface area (TPSA) is 61.9 Å². The van der Waals surface area contributed by atoms with Gasteiger partial charge in [-0.3, -0.25) is 9.59 Å². The minimum Gasteiger partial charge on any atom is -0.496 e. The maximum absolute atomic E-state index is 12.9. The van der Waals surface area contributed by atoms with Crippen LogP contribution in [0, 0.1) is 0 Å². The molecule has 1 aliphatic heterocycles. The number of amides is 2. The Morgan fingerprint density at radius 3 is 2.43 bits per heavy atom. The fourth-order valence-corrected chi connectivity index (χ4v) is 3.10. The van der Waals surface area contributed by atoms with Gasteiger partial charge in [-0.25, -0.2) is 0 Å². The molecule has 0 spiro atoms. The molecular formula is C22H25N3O3. The molecule has 0 atom stereocenters. The number of piperazine rings is 1. The Morgan fingerprint density at radius 2 is 1.68 bits per heavy atom. The molecule has 1 N–H and O–H groups in total. The maximum Gasteiger partial charge on any atom is 0.256 e. The molecule has 0 saturated carbocycles. The largest absolute Gasteiger partial charge is 0.496 e. The van der Waals surface area contributed by atoms with Gasteiger partial charge in [-0.2, -0.15) is 0 Å². The molecule has 0 radical (unpaired) electrons. The maximum atomic E-state index is 12.9. The van der Waals surface area contributed by atoms with Crippen molar-refractivity contribution < 1.29 is 14.3 Å². The quantitative estimate of drug-likeness (QED) is 0.812. The Morgan fingerprint density at radius 1 is 1.00 bits per heavy atom. The van der Waals surface area contributed by atoms with E-state index in [1.807, 2.05) is 42.3 Å². The lowest BCUT2D eigenvalue weighted by Gasteiger charge is -2.32. The van der Waals surface area contributed by atoms with Gasteiger partial charge in [-0.15, -0.1) is 0 Å². The van der Waals surface area contributed by atoms with E-state index in [2.05, 4.69) is 10.2 Å². The third-order valence-electron chi connectivity index (χ3n) is 4.76. The number of nitrogens with zero attached hydrogens (tertiary/aromatic N) is 2. The summed E-state index contributed by atoms with van der Waals surface area (Å²) in [5.74, 6) is 0.333. The van der Waals surface area contributed by atoms with E-state index in [0.717, 1.165) is 18.7 Å². The van der Waals surface area contributed by atoms with E-state index < -0.39 is 0 Å². The van der Waals surface area contributed by atoms with Crippen LogP contribution in [0.5, 0.6) is 5.75 Å². The first kappa shape index (κ1) is 19.6. The average Bonchev–Trinajstić information content (AvgIpc) is 2.73. The Balaban J connectivity index is 1.71. The highest BCUT2D eigenvalue weighted by atomic mass is 16.5. The van der Waals surface area contributed by atoms with Crippen molar-refractivity contribution in [2.24, 2.45) is 0 Å². The monoisotopic (exact) mass is 379 g/mol. The molecule has 6 heteroatoms. The summed E-state index contributed by atoms with van der Waals surface area (Å²) in [6.45, 7) is 3.07. The summed E-state index contributed by atoms with van der Waals surface area (Å²) < 4.78 is 5.28.